The van der Waals surface area contributed by atoms with Crippen molar-refractivity contribution in [3.63, 3.8) is 0 Å². The van der Waals surface area contributed by atoms with Gasteiger partial charge in [-0.1, -0.05) is 18.2 Å². The zero-order chi connectivity index (χ0) is 22.8. The highest BCUT2D eigenvalue weighted by molar-refractivity contribution is 5.99. The summed E-state index contributed by atoms with van der Waals surface area (Å²) in [5.74, 6) is 1.06. The molecule has 164 valence electrons. The summed E-state index contributed by atoms with van der Waals surface area (Å²) in [4.78, 5) is 13.3. The molecule has 3 aromatic heterocycles. The van der Waals surface area contributed by atoms with E-state index in [0.717, 1.165) is 17.0 Å². The predicted molar refractivity (Wildman–Crippen MR) is 125 cm³/mol. The third kappa shape index (κ3) is 4.03. The zero-order valence-electron chi connectivity index (χ0n) is 17.7. The minimum absolute atomic E-state index is 0.352. The van der Waals surface area contributed by atoms with E-state index in [0.29, 0.717) is 40.6 Å². The number of nitrogens with two attached hydrogens (primary N) is 1. The highest BCUT2D eigenvalue weighted by Crippen LogP contribution is 2.33. The minimum atomic E-state index is -0.370. The Balaban J connectivity index is 1.64. The van der Waals surface area contributed by atoms with E-state index in [1.54, 1.807) is 36.3 Å². The lowest BCUT2D eigenvalue weighted by Gasteiger charge is -2.09. The number of aromatic nitrogens is 5. The maximum absolute atomic E-state index is 14.0. The summed E-state index contributed by atoms with van der Waals surface area (Å²) in [5, 5.41) is 8.36. The maximum Gasteiger partial charge on any atom is 0.225 e. The van der Waals surface area contributed by atoms with Crippen molar-refractivity contribution in [1.29, 1.82) is 0 Å². The normalized spacial score (nSPS) is 11.0. The number of hydrogen-bond acceptors (Lipinski definition) is 7. The van der Waals surface area contributed by atoms with Crippen LogP contribution >= 0.6 is 0 Å². The van der Waals surface area contributed by atoms with E-state index >= 15 is 0 Å². The average molecular weight is 441 g/mol. The molecule has 0 fully saturated rings. The Morgan fingerprint density at radius 3 is 2.64 bits per heavy atom. The monoisotopic (exact) mass is 441 g/mol. The highest BCUT2D eigenvalue weighted by Gasteiger charge is 2.19. The smallest absolute Gasteiger partial charge is 0.225 e. The Morgan fingerprint density at radius 1 is 1.06 bits per heavy atom. The van der Waals surface area contributed by atoms with Crippen LogP contribution in [0.15, 0.2) is 73.1 Å². The summed E-state index contributed by atoms with van der Waals surface area (Å²) in [7, 11) is 1.60. The Hall–Kier alpha value is -4.53. The topological polar surface area (TPSA) is 104 Å². The van der Waals surface area contributed by atoms with Gasteiger partial charge in [0.25, 0.3) is 0 Å². The van der Waals surface area contributed by atoms with Crippen LogP contribution in [0.4, 0.5) is 16.2 Å². The maximum atomic E-state index is 14.0. The zero-order valence-corrected chi connectivity index (χ0v) is 17.7. The SMILES string of the molecule is COc1ccc(-n2nc3nc(NCc4cccnc4)nc(-c4cccc(F)c4)c3c2N)cc1. The van der Waals surface area contributed by atoms with Crippen LogP contribution in [-0.2, 0) is 6.54 Å². The van der Waals surface area contributed by atoms with Gasteiger partial charge in [-0.3, -0.25) is 4.98 Å². The molecule has 0 aliphatic carbocycles. The van der Waals surface area contributed by atoms with Crippen LogP contribution in [0, 0.1) is 5.82 Å². The molecule has 33 heavy (non-hydrogen) atoms. The molecule has 5 aromatic rings. The molecule has 0 bridgehead atoms. The molecule has 2 aromatic carbocycles. The lowest BCUT2D eigenvalue weighted by atomic mass is 10.1. The molecule has 0 aliphatic heterocycles. The van der Waals surface area contributed by atoms with Crippen molar-refractivity contribution in [3.8, 4) is 22.7 Å². The average Bonchev–Trinajstić information content (AvgIpc) is 3.19. The van der Waals surface area contributed by atoms with E-state index < -0.39 is 0 Å². The predicted octanol–water partition coefficient (Wildman–Crippen LogP) is 4.22. The van der Waals surface area contributed by atoms with Gasteiger partial charge in [0.1, 0.15) is 17.4 Å². The number of halogens is 1. The minimum Gasteiger partial charge on any atom is -0.497 e. The van der Waals surface area contributed by atoms with Gasteiger partial charge in [-0.15, -0.1) is 5.10 Å². The first kappa shape index (κ1) is 20.4. The molecule has 8 nitrogen and oxygen atoms in total. The molecular formula is C24H20FN7O. The van der Waals surface area contributed by atoms with E-state index in [1.165, 1.54) is 12.1 Å². The molecule has 3 N–H and O–H groups in total. The van der Waals surface area contributed by atoms with E-state index in [9.17, 15) is 4.39 Å². The fourth-order valence-electron chi connectivity index (χ4n) is 3.54. The van der Waals surface area contributed by atoms with Crippen LogP contribution in [0.25, 0.3) is 28.0 Å². The summed E-state index contributed by atoms with van der Waals surface area (Å²) in [6, 6.07) is 17.3. The number of nitrogens with zero attached hydrogens (tertiary/aromatic N) is 5. The number of anilines is 2. The molecule has 0 spiro atoms. The van der Waals surface area contributed by atoms with E-state index in [1.807, 2.05) is 36.4 Å². The first-order valence-corrected chi connectivity index (χ1v) is 10.2. The summed E-state index contributed by atoms with van der Waals surface area (Å²) >= 11 is 0. The van der Waals surface area contributed by atoms with Crippen LogP contribution in [0.3, 0.4) is 0 Å². The van der Waals surface area contributed by atoms with Crippen molar-refractivity contribution in [2.45, 2.75) is 6.54 Å². The van der Waals surface area contributed by atoms with Gasteiger partial charge in [0.15, 0.2) is 5.65 Å². The molecule has 0 atom stereocenters. The summed E-state index contributed by atoms with van der Waals surface area (Å²) in [5.41, 5.74) is 9.67. The van der Waals surface area contributed by atoms with Crippen molar-refractivity contribution in [3.05, 3.63) is 84.4 Å². The third-order valence-corrected chi connectivity index (χ3v) is 5.16. The number of ether oxygens (including phenoxy) is 1. The number of hydrogen-bond donors (Lipinski definition) is 2. The van der Waals surface area contributed by atoms with Crippen molar-refractivity contribution < 1.29 is 9.13 Å². The lowest BCUT2D eigenvalue weighted by Crippen LogP contribution is -2.05. The Labute approximate surface area is 188 Å². The van der Waals surface area contributed by atoms with E-state index in [2.05, 4.69) is 25.4 Å². The second-order valence-electron chi connectivity index (χ2n) is 7.31. The second kappa shape index (κ2) is 8.54. The van der Waals surface area contributed by atoms with Crippen molar-refractivity contribution >= 4 is 22.8 Å². The molecule has 9 heteroatoms. The molecule has 3 heterocycles. The van der Waals surface area contributed by atoms with Crippen LogP contribution in [-0.4, -0.2) is 31.8 Å². The lowest BCUT2D eigenvalue weighted by molar-refractivity contribution is 0.414. The number of nitrogen functional groups attached to an aromatic ring is 1. The molecule has 0 aliphatic rings. The second-order valence-corrected chi connectivity index (χ2v) is 7.31. The quantitative estimate of drug-likeness (QED) is 0.407. The van der Waals surface area contributed by atoms with Crippen LogP contribution in [0.5, 0.6) is 5.75 Å². The Morgan fingerprint density at radius 2 is 1.91 bits per heavy atom. The molecule has 5 rings (SSSR count). The number of pyridine rings is 1. The molecular weight excluding hydrogens is 421 g/mol. The van der Waals surface area contributed by atoms with Gasteiger partial charge in [0.05, 0.1) is 23.9 Å². The van der Waals surface area contributed by atoms with Gasteiger partial charge in [0, 0.05) is 24.5 Å². The first-order chi connectivity index (χ1) is 16.1. The van der Waals surface area contributed by atoms with Gasteiger partial charge >= 0.3 is 0 Å². The first-order valence-electron chi connectivity index (χ1n) is 10.2. The Bertz CT molecular complexity index is 1420. The van der Waals surface area contributed by atoms with Gasteiger partial charge in [-0.25, -0.2) is 14.1 Å². The summed E-state index contributed by atoms with van der Waals surface area (Å²) < 4.78 is 20.9. The van der Waals surface area contributed by atoms with Crippen LogP contribution in [0.2, 0.25) is 0 Å². The number of nitrogens with one attached hydrogen (secondary N) is 1. The van der Waals surface area contributed by atoms with Crippen LogP contribution in [0.1, 0.15) is 5.56 Å². The van der Waals surface area contributed by atoms with Crippen LogP contribution < -0.4 is 15.8 Å². The van der Waals surface area contributed by atoms with Crippen molar-refractivity contribution in [2.24, 2.45) is 0 Å². The van der Waals surface area contributed by atoms with E-state index in [4.69, 9.17) is 10.5 Å². The largest absolute Gasteiger partial charge is 0.497 e. The van der Waals surface area contributed by atoms with Gasteiger partial charge in [-0.2, -0.15) is 4.98 Å². The molecule has 0 unspecified atom stereocenters. The number of rotatable bonds is 6. The fraction of sp³-hybridized carbons (Fsp3) is 0.0833. The standard InChI is InChI=1S/C24H20FN7O/c1-33-19-9-7-18(8-10-19)32-22(26)20-21(16-5-2-6-17(25)12-16)29-24(30-23(20)31-32)28-14-15-4-3-11-27-13-15/h2-13H,14,26H2,1H3,(H,28,30,31). The highest BCUT2D eigenvalue weighted by atomic mass is 19.1. The number of fused-ring (bicyclic) bond motifs is 1. The van der Waals surface area contributed by atoms with Crippen molar-refractivity contribution in [2.75, 3.05) is 18.2 Å². The molecule has 0 saturated carbocycles. The third-order valence-electron chi connectivity index (χ3n) is 5.16. The summed E-state index contributed by atoms with van der Waals surface area (Å²) in [6.45, 7) is 0.469. The summed E-state index contributed by atoms with van der Waals surface area (Å²) in [6.07, 6.45) is 3.47. The van der Waals surface area contributed by atoms with Gasteiger partial charge in [-0.05, 0) is 48.0 Å². The van der Waals surface area contributed by atoms with E-state index in [-0.39, 0.29) is 5.82 Å². The number of methoxy groups -OCH3 is 1. The van der Waals surface area contributed by atoms with Gasteiger partial charge in [0.2, 0.25) is 5.95 Å². The van der Waals surface area contributed by atoms with Crippen molar-refractivity contribution in [1.82, 2.24) is 24.7 Å². The molecule has 0 radical (unpaired) electrons. The molecule has 0 saturated heterocycles. The number of benzene rings is 2. The Kier molecular flexibility index (Phi) is 5.27. The van der Waals surface area contributed by atoms with Gasteiger partial charge < -0.3 is 15.8 Å². The fourth-order valence-corrected chi connectivity index (χ4v) is 3.54. The molecule has 0 amide bonds.